The molecule has 137 heavy (non-hydrogen) atoms. The number of aromatic nitrogens is 8. The van der Waals surface area contributed by atoms with Gasteiger partial charge in [0, 0.05) is 153 Å². The first-order valence-electron chi connectivity index (χ1n) is 48.5. The van der Waals surface area contributed by atoms with Crippen molar-refractivity contribution in [2.75, 3.05) is 122 Å². The third kappa shape index (κ3) is 27.9. The number of piperidine rings is 2. The molecule has 6 fully saturated rings. The summed E-state index contributed by atoms with van der Waals surface area (Å²) in [5.41, 5.74) is 5.85. The number of hydrogen-bond donors (Lipinski definition) is 5. The molecule has 2 aliphatic carbocycles. The lowest BCUT2D eigenvalue weighted by Crippen LogP contribution is -2.61. The van der Waals surface area contributed by atoms with Crippen molar-refractivity contribution in [1.82, 2.24) is 49.5 Å². The van der Waals surface area contributed by atoms with Crippen molar-refractivity contribution in [1.29, 1.82) is 0 Å². The predicted molar refractivity (Wildman–Crippen MR) is 521 cm³/mol. The van der Waals surface area contributed by atoms with E-state index in [9.17, 15) is 53.4 Å². The summed E-state index contributed by atoms with van der Waals surface area (Å²) in [5, 5.41) is 45.1. The Morgan fingerprint density at radius 1 is 0.737 bits per heavy atom. The second kappa shape index (κ2) is 48.9. The van der Waals surface area contributed by atoms with E-state index in [1.54, 1.807) is 93.8 Å². The van der Waals surface area contributed by atoms with E-state index in [-0.39, 0.29) is 91.6 Å². The number of likely N-dealkylation sites (tertiary alicyclic amines) is 1. The van der Waals surface area contributed by atoms with E-state index in [4.69, 9.17) is 62.5 Å². The summed E-state index contributed by atoms with van der Waals surface area (Å²) >= 11 is 0. The van der Waals surface area contributed by atoms with E-state index in [0.29, 0.717) is 111 Å². The molecule has 6 aromatic rings. The number of carbonyl (C=O) groups is 7. The van der Waals surface area contributed by atoms with Gasteiger partial charge in [-0.3, -0.25) is 53.6 Å². The molecule has 0 spiro atoms. The van der Waals surface area contributed by atoms with Gasteiger partial charge < -0.3 is 72.9 Å². The van der Waals surface area contributed by atoms with Crippen LogP contribution >= 0.6 is 7.37 Å². The number of amides is 3. The molecular formula is C102H143N14O20P. The number of hydrogen-bond acceptors (Lipinski definition) is 30. The van der Waals surface area contributed by atoms with Crippen LogP contribution in [0.1, 0.15) is 195 Å². The number of ether oxygens (including phenoxy) is 8. The Kier molecular flexibility index (Phi) is 37.8. The number of pyridine rings is 2. The number of cyclic esters (lactones) is 1. The quantitative estimate of drug-likeness (QED) is 0.0231. The lowest BCUT2D eigenvalue weighted by molar-refractivity contribution is -0.265. The number of aliphatic hydroxyl groups excluding tert-OH is 1. The Morgan fingerprint density at radius 3 is 2.14 bits per heavy atom. The summed E-state index contributed by atoms with van der Waals surface area (Å²) in [5.74, 6) is -5.38. The normalized spacial score (nSPS) is 29.2. The molecule has 3 amide bonds. The zero-order valence-electron chi connectivity index (χ0n) is 82.5. The topological polar surface area (TPSA) is 413 Å². The average Bonchev–Trinajstić information content (AvgIpc) is 1.76. The van der Waals surface area contributed by atoms with Crippen LogP contribution in [0.3, 0.4) is 0 Å². The number of Topliss-reactive ketones (excluding diaryl/α,β-unsaturated/α-hetero) is 3. The van der Waals surface area contributed by atoms with Crippen LogP contribution in [0.2, 0.25) is 0 Å². The highest BCUT2D eigenvalue weighted by atomic mass is 31.2. The SMILES string of the molecule is COC(=O)Nc1ccc(-c2nc(N3CCOCC3)c3cnn(C4CCN(Cc5cccnc5)CC4)c3n2)cc1.COC1CCC(N2C(=O)CNc3ncc(-c4ccc(C(C)(C)O)nc4)nc32)CC1.CO[C@H]1C[C@@H]2CC[C@@H](C)[C@@](O)(O2)C(=O)C(=O)N2CCCC[C@H]2C(=O)O[C@H]([C@H](C)C[C@@H]2CC[C@@H](OP(C)(C)=O)[C@H](OC)C2)CC(=O)[C@H](C)/C=C(\C)[C@@H](O)[C@@H](OC)C(=O)[C@H](C)C[C@H](C)/C=C/C=C/C=C/1C. The van der Waals surface area contributed by atoms with E-state index >= 15 is 0 Å². The van der Waals surface area contributed by atoms with Crippen LogP contribution in [0.25, 0.3) is 33.7 Å². The molecule has 11 heterocycles. The first-order valence-corrected chi connectivity index (χ1v) is 51.0. The van der Waals surface area contributed by atoms with E-state index in [1.807, 2.05) is 118 Å². The van der Waals surface area contributed by atoms with Crippen LogP contribution < -0.4 is 20.4 Å². The number of rotatable bonds is 18. The zero-order chi connectivity index (χ0) is 98.6. The lowest BCUT2D eigenvalue weighted by Gasteiger charge is -2.42. The van der Waals surface area contributed by atoms with Crippen molar-refractivity contribution in [3.63, 3.8) is 0 Å². The number of nitrogens with one attached hydrogen (secondary N) is 2. The number of allylic oxidation sites excluding steroid dienone is 6. The minimum atomic E-state index is -2.79. The smallest absolute Gasteiger partial charge is 0.411 e. The van der Waals surface area contributed by atoms with Gasteiger partial charge in [0.1, 0.15) is 41.6 Å². The van der Waals surface area contributed by atoms with Crippen LogP contribution in [0.5, 0.6) is 0 Å². The molecule has 0 radical (unpaired) electrons. The van der Waals surface area contributed by atoms with E-state index < -0.39 is 96.8 Å². The Hall–Kier alpha value is -9.81. The zero-order valence-corrected chi connectivity index (χ0v) is 83.4. The van der Waals surface area contributed by atoms with Gasteiger partial charge in [0.25, 0.3) is 11.7 Å². The number of aliphatic hydroxyl groups is 3. The summed E-state index contributed by atoms with van der Waals surface area (Å²) in [6.07, 6.45) is 25.8. The maximum Gasteiger partial charge on any atom is 0.411 e. The lowest BCUT2D eigenvalue weighted by atomic mass is 9.78. The van der Waals surface area contributed by atoms with E-state index in [1.165, 1.54) is 24.7 Å². The minimum absolute atomic E-state index is 0.0117. The maximum atomic E-state index is 14.5. The first-order chi connectivity index (χ1) is 65.5. The van der Waals surface area contributed by atoms with Gasteiger partial charge in [-0.1, -0.05) is 77.1 Å². The molecule has 6 aliphatic heterocycles. The highest BCUT2D eigenvalue weighted by molar-refractivity contribution is 7.57. The van der Waals surface area contributed by atoms with E-state index in [2.05, 4.69) is 46.1 Å². The summed E-state index contributed by atoms with van der Waals surface area (Å²) in [6.45, 7) is 25.3. The summed E-state index contributed by atoms with van der Waals surface area (Å²) in [7, 11) is 4.84. The minimum Gasteiger partial charge on any atom is -0.460 e. The number of esters is 1. The Balaban J connectivity index is 0.000000205. The molecule has 5 N–H and O–H groups in total. The van der Waals surface area contributed by atoms with Crippen LogP contribution in [0.15, 0.2) is 127 Å². The molecule has 14 rings (SSSR count). The van der Waals surface area contributed by atoms with Gasteiger partial charge in [-0.2, -0.15) is 5.10 Å². The number of morpholine rings is 1. The molecule has 2 saturated carbocycles. The fraction of sp³-hybridized carbons (Fsp3) is 0.608. The Labute approximate surface area is 805 Å². The van der Waals surface area contributed by atoms with Crippen molar-refractivity contribution < 1.29 is 95.9 Å². The number of fused-ring (bicyclic) bond motifs is 5. The summed E-state index contributed by atoms with van der Waals surface area (Å²) < 4.78 is 66.1. The van der Waals surface area contributed by atoms with Crippen molar-refractivity contribution >= 4 is 82.8 Å². The largest absolute Gasteiger partial charge is 0.460 e. The fourth-order valence-electron chi connectivity index (χ4n) is 19.8. The van der Waals surface area contributed by atoms with Crippen LogP contribution in [0.4, 0.5) is 27.9 Å². The molecule has 35 heteroatoms. The molecule has 15 atom stereocenters. The molecule has 4 saturated heterocycles. The average molecular weight is 1920 g/mol. The van der Waals surface area contributed by atoms with Gasteiger partial charge in [-0.15, -0.1) is 0 Å². The van der Waals surface area contributed by atoms with Crippen LogP contribution in [0, 0.1) is 35.5 Å². The standard InChI is InChI=1S/C53H84NO14P.C28H32N8O3.C21H27N5O3/c1-32-18-14-13-15-19-33(2)44(63-8)30-40-23-21-38(7)53(61,67-40)50(58)51(59)54-25-17-16-20-41(54)52(60)66-45(35(4)28-39-22-24-43(46(29-39)64-9)68-69(11,12)62)31-42(55)34(3)27-37(6)48(57)49(65-10)47(56)36(5)26-32;1-38-28(37)31-22-6-4-21(5-7-22)25-32-26(35-13-15-39-16-14-35)24-18-30-36(27(24)33-25)23-8-11-34(12-9-23)19-20-3-2-10-29-17-20;1-21(2,28)17-9-4-13(10-22-17)16-11-23-19-20(25-16)26(18(27)12-24-19)14-5-7-15(29-3)8-6-14/h13-15,18-19,27,32,34-36,38-41,43-46,48-49,57,61H,16-17,20-26,28-31H2,1-12H3;2-7,10,17-18,23H,8-9,11-16,19H2,1H3,(H,31,37);4,9-11,14-15,28H,5-8,12H2,1-3H3,(H,23,24)/b15-13+,18-14+,33-19+,37-27+;;/t32-,34-,35-,36-,38-,39+,40+,41+,43-,44+,45+,46-,48-,49+,53-;;/m1../s1. The number of nitrogens with zero attached hydrogens (tertiary/aromatic N) is 12. The van der Waals surface area contributed by atoms with Gasteiger partial charge >= 0.3 is 12.1 Å². The third-order valence-corrected chi connectivity index (χ3v) is 28.7. The number of anilines is 4. The molecule has 8 aliphatic rings. The molecule has 1 aromatic carbocycles. The molecular weight excluding hydrogens is 1770 g/mol. The molecule has 0 unspecified atom stereocenters. The van der Waals surface area contributed by atoms with Crippen LogP contribution in [-0.4, -0.2) is 274 Å². The number of carbonyl (C=O) groups excluding carboxylic acids is 7. The van der Waals surface area contributed by atoms with Crippen molar-refractivity contribution in [2.24, 2.45) is 35.5 Å². The summed E-state index contributed by atoms with van der Waals surface area (Å²) in [4.78, 5) is 131. The Morgan fingerprint density at radius 2 is 1.47 bits per heavy atom. The first kappa shape index (κ1) is 106. The summed E-state index contributed by atoms with van der Waals surface area (Å²) in [6, 6.07) is 14.4. The van der Waals surface area contributed by atoms with Crippen LogP contribution in [-0.2, 0) is 87.9 Å². The fourth-order valence-corrected chi connectivity index (χ4v) is 20.7. The second-order valence-corrected chi connectivity index (χ2v) is 41.7. The number of methoxy groups -OCH3 is 5. The molecule has 34 nitrogen and oxygen atoms in total. The number of benzene rings is 1. The molecule has 5 aromatic heterocycles. The second-order valence-electron chi connectivity index (χ2n) is 39.0. The van der Waals surface area contributed by atoms with Gasteiger partial charge in [-0.05, 0) is 207 Å². The maximum absolute atomic E-state index is 14.5. The van der Waals surface area contributed by atoms with Crippen molar-refractivity contribution in [2.45, 2.75) is 263 Å². The Bertz CT molecular complexity index is 5240. The third-order valence-electron chi connectivity index (χ3n) is 27.9. The highest BCUT2D eigenvalue weighted by Crippen LogP contribution is 2.46. The van der Waals surface area contributed by atoms with E-state index in [0.717, 1.165) is 111 Å². The predicted octanol–water partition coefficient (Wildman–Crippen LogP) is 14.0. The monoisotopic (exact) mass is 1920 g/mol. The van der Waals surface area contributed by atoms with Gasteiger partial charge in [0.15, 0.2) is 36.3 Å². The van der Waals surface area contributed by atoms with Gasteiger partial charge in [0.05, 0.1) is 92.6 Å². The van der Waals surface area contributed by atoms with Crippen molar-refractivity contribution in [3.05, 3.63) is 138 Å². The molecule has 746 valence electrons. The highest BCUT2D eigenvalue weighted by Gasteiger charge is 2.54. The van der Waals surface area contributed by atoms with Crippen molar-refractivity contribution in [3.8, 4) is 22.6 Å². The number of ketones is 3. The molecule has 2 bridgehead atoms. The van der Waals surface area contributed by atoms with Gasteiger partial charge in [0.2, 0.25) is 11.7 Å². The van der Waals surface area contributed by atoms with Gasteiger partial charge in [-0.25, -0.2) is 34.2 Å².